The second-order valence-electron chi connectivity index (χ2n) is 14.7. The Kier molecular flexibility index (Phi) is 11.6. The van der Waals surface area contributed by atoms with Gasteiger partial charge in [0.1, 0.15) is 22.9 Å². The first-order chi connectivity index (χ1) is 25.3. The first-order valence-corrected chi connectivity index (χ1v) is 17.4. The Morgan fingerprint density at radius 1 is 0.889 bits per heavy atom. The van der Waals surface area contributed by atoms with E-state index in [1.165, 1.54) is 29.1 Å². The highest BCUT2D eigenvalue weighted by atomic mass is 19.4. The summed E-state index contributed by atoms with van der Waals surface area (Å²) in [5.41, 5.74) is -2.64. The lowest BCUT2D eigenvalue weighted by Crippen LogP contribution is -2.44. The zero-order valence-corrected chi connectivity index (χ0v) is 30.9. The highest BCUT2D eigenvalue weighted by Gasteiger charge is 2.37. The van der Waals surface area contributed by atoms with Crippen molar-refractivity contribution in [3.8, 4) is 0 Å². The Balaban J connectivity index is 1.55. The number of ether oxygens (including phenoxy) is 3. The molecule has 288 valence electrons. The van der Waals surface area contributed by atoms with Gasteiger partial charge < -0.3 is 24.4 Å². The maximum Gasteiger partial charge on any atom is 0.425 e. The number of rotatable bonds is 7. The number of fused-ring (bicyclic) bond motifs is 1. The number of alkyl halides is 3. The van der Waals surface area contributed by atoms with Crippen molar-refractivity contribution in [2.24, 2.45) is 0 Å². The fourth-order valence-electron chi connectivity index (χ4n) is 5.69. The molecule has 16 heteroatoms. The van der Waals surface area contributed by atoms with Crippen LogP contribution in [0.25, 0.3) is 10.9 Å². The van der Waals surface area contributed by atoms with E-state index in [-0.39, 0.29) is 34.5 Å². The number of nitrogens with one attached hydrogen (secondary N) is 1. The maximum absolute atomic E-state index is 13.9. The topological polar surface area (TPSA) is 145 Å². The molecule has 1 saturated heterocycles. The van der Waals surface area contributed by atoms with E-state index in [0.29, 0.717) is 23.5 Å². The number of halogens is 3. The molecule has 1 atom stereocenters. The van der Waals surface area contributed by atoms with Crippen LogP contribution in [0.4, 0.5) is 34.3 Å². The van der Waals surface area contributed by atoms with Gasteiger partial charge in [0.2, 0.25) is 0 Å². The minimum Gasteiger partial charge on any atom is -0.443 e. The third kappa shape index (κ3) is 9.92. The Labute approximate surface area is 310 Å². The zero-order valence-electron chi connectivity index (χ0n) is 30.9. The lowest BCUT2D eigenvalue weighted by molar-refractivity contribution is -0.145. The molecular formula is C38H43F3N6O7. The maximum atomic E-state index is 13.9. The van der Waals surface area contributed by atoms with Crippen LogP contribution in [0.15, 0.2) is 67.0 Å². The van der Waals surface area contributed by atoms with Crippen LogP contribution >= 0.6 is 0 Å². The molecule has 0 saturated carbocycles. The van der Waals surface area contributed by atoms with Crippen LogP contribution in [0, 0.1) is 0 Å². The number of aromatic nitrogens is 3. The van der Waals surface area contributed by atoms with Crippen molar-refractivity contribution in [1.29, 1.82) is 0 Å². The molecule has 0 bridgehead atoms. The van der Waals surface area contributed by atoms with E-state index in [4.69, 9.17) is 14.2 Å². The first-order valence-electron chi connectivity index (χ1n) is 17.4. The van der Waals surface area contributed by atoms with Crippen LogP contribution < -0.4 is 10.2 Å². The van der Waals surface area contributed by atoms with Crippen molar-refractivity contribution in [3.63, 3.8) is 0 Å². The van der Waals surface area contributed by atoms with E-state index < -0.39 is 59.7 Å². The van der Waals surface area contributed by atoms with E-state index in [2.05, 4.69) is 15.4 Å². The molecule has 1 fully saturated rings. The minimum absolute atomic E-state index is 0.0319. The molecule has 3 heterocycles. The van der Waals surface area contributed by atoms with Crippen LogP contribution in [0.1, 0.15) is 83.7 Å². The number of carbonyl (C=O) groups excluding carboxylic acids is 4. The molecule has 54 heavy (non-hydrogen) atoms. The SMILES string of the molecule is CC(C)(C)OC(=O)N(C(=O)OC(C)(C)C)c1ncc(NC(=O)C(=O)N(Cc2ccccc2)Cc2ccccc2C(F)(F)F)c2nn(C3CCCCO3)cc12. The predicted molar refractivity (Wildman–Crippen MR) is 192 cm³/mol. The standard InChI is InChI=1S/C38H43F3N6O7/c1-36(2,3)53-34(50)47(35(51)54-37(4,5)6)31-26-23-46(29-18-12-13-19-52-29)44-30(26)28(20-42-31)43-32(48)33(49)45(21-24-14-8-7-9-15-24)22-25-16-10-11-17-27(25)38(39,40)41/h7-11,14-17,20,23,29H,12-13,18-19,21-22H2,1-6H3,(H,43,48). The number of amides is 4. The van der Waals surface area contributed by atoms with Crippen molar-refractivity contribution in [1.82, 2.24) is 19.7 Å². The molecule has 0 spiro atoms. The molecular weight excluding hydrogens is 709 g/mol. The third-order valence-corrected chi connectivity index (χ3v) is 7.99. The normalized spacial score (nSPS) is 15.0. The van der Waals surface area contributed by atoms with Crippen LogP contribution in [0.5, 0.6) is 0 Å². The summed E-state index contributed by atoms with van der Waals surface area (Å²) in [6.07, 6.45) is -2.53. The summed E-state index contributed by atoms with van der Waals surface area (Å²) in [7, 11) is 0. The van der Waals surface area contributed by atoms with Crippen molar-refractivity contribution in [3.05, 3.63) is 83.7 Å². The number of imide groups is 1. The van der Waals surface area contributed by atoms with Gasteiger partial charge in [-0.1, -0.05) is 48.5 Å². The average Bonchev–Trinajstić information content (AvgIpc) is 3.54. The van der Waals surface area contributed by atoms with Gasteiger partial charge >= 0.3 is 30.2 Å². The van der Waals surface area contributed by atoms with Crippen LogP contribution in [-0.4, -0.2) is 61.5 Å². The van der Waals surface area contributed by atoms with Gasteiger partial charge in [-0.05, 0) is 78.0 Å². The molecule has 4 amide bonds. The quantitative estimate of drug-likeness (QED) is 0.186. The van der Waals surface area contributed by atoms with Crippen LogP contribution in [0.3, 0.4) is 0 Å². The van der Waals surface area contributed by atoms with Gasteiger partial charge in [0, 0.05) is 25.9 Å². The number of hydrogen-bond acceptors (Lipinski definition) is 9. The van der Waals surface area contributed by atoms with Crippen LogP contribution in [0.2, 0.25) is 0 Å². The molecule has 1 N–H and O–H groups in total. The number of carbonyl (C=O) groups is 4. The predicted octanol–water partition coefficient (Wildman–Crippen LogP) is 7.99. The van der Waals surface area contributed by atoms with Gasteiger partial charge in [0.05, 0.1) is 22.8 Å². The summed E-state index contributed by atoms with van der Waals surface area (Å²) in [6.45, 7) is 9.49. The van der Waals surface area contributed by atoms with Gasteiger partial charge in [-0.25, -0.2) is 19.3 Å². The van der Waals surface area contributed by atoms with Gasteiger partial charge in [0.15, 0.2) is 5.82 Å². The van der Waals surface area contributed by atoms with Gasteiger partial charge in [-0.3, -0.25) is 9.59 Å². The summed E-state index contributed by atoms with van der Waals surface area (Å²) in [6, 6.07) is 13.3. The molecule has 1 aliphatic heterocycles. The van der Waals surface area contributed by atoms with Crippen molar-refractivity contribution < 1.29 is 46.6 Å². The number of pyridine rings is 1. The fraction of sp³-hybridized carbons (Fsp3) is 0.421. The van der Waals surface area contributed by atoms with Crippen molar-refractivity contribution in [2.75, 3.05) is 16.8 Å². The molecule has 0 aliphatic carbocycles. The fourth-order valence-corrected chi connectivity index (χ4v) is 5.69. The van der Waals surface area contributed by atoms with Gasteiger partial charge in [-0.2, -0.15) is 23.2 Å². The molecule has 2 aromatic carbocycles. The Hall–Kier alpha value is -5.51. The summed E-state index contributed by atoms with van der Waals surface area (Å²) < 4.78 is 60.3. The lowest BCUT2D eigenvalue weighted by Gasteiger charge is -2.28. The molecule has 1 aliphatic rings. The zero-order chi connectivity index (χ0) is 39.4. The van der Waals surface area contributed by atoms with E-state index >= 15 is 0 Å². The lowest BCUT2D eigenvalue weighted by atomic mass is 10.1. The number of benzene rings is 2. The molecule has 0 radical (unpaired) electrons. The van der Waals surface area contributed by atoms with E-state index in [1.54, 1.807) is 71.9 Å². The van der Waals surface area contributed by atoms with Gasteiger partial charge in [0.25, 0.3) is 0 Å². The Morgan fingerprint density at radius 2 is 1.52 bits per heavy atom. The van der Waals surface area contributed by atoms with Crippen molar-refractivity contribution >= 4 is 46.4 Å². The smallest absolute Gasteiger partial charge is 0.425 e. The van der Waals surface area contributed by atoms with E-state index in [9.17, 15) is 32.3 Å². The van der Waals surface area contributed by atoms with E-state index in [1.807, 2.05) is 0 Å². The largest absolute Gasteiger partial charge is 0.443 e. The number of hydrogen-bond donors (Lipinski definition) is 1. The summed E-state index contributed by atoms with van der Waals surface area (Å²) in [4.78, 5) is 60.8. The Bertz CT molecular complexity index is 1970. The minimum atomic E-state index is -4.70. The second kappa shape index (κ2) is 15.8. The van der Waals surface area contributed by atoms with Crippen LogP contribution in [-0.2, 0) is 43.1 Å². The monoisotopic (exact) mass is 752 g/mol. The average molecular weight is 753 g/mol. The number of nitrogens with zero attached hydrogens (tertiary/aromatic N) is 5. The third-order valence-electron chi connectivity index (χ3n) is 7.99. The molecule has 5 rings (SSSR count). The highest BCUT2D eigenvalue weighted by Crippen LogP contribution is 2.35. The highest BCUT2D eigenvalue weighted by molar-refractivity contribution is 6.40. The Morgan fingerprint density at radius 3 is 2.11 bits per heavy atom. The number of anilines is 2. The van der Waals surface area contributed by atoms with E-state index in [0.717, 1.165) is 30.0 Å². The molecule has 2 aromatic heterocycles. The second-order valence-corrected chi connectivity index (χ2v) is 14.7. The molecule has 1 unspecified atom stereocenters. The summed E-state index contributed by atoms with van der Waals surface area (Å²) in [5, 5.41) is 7.25. The molecule has 4 aromatic rings. The summed E-state index contributed by atoms with van der Waals surface area (Å²) >= 11 is 0. The first kappa shape index (κ1) is 39.7. The summed E-state index contributed by atoms with van der Waals surface area (Å²) in [5.74, 6) is -2.55. The molecule has 13 nitrogen and oxygen atoms in total. The van der Waals surface area contributed by atoms with Gasteiger partial charge in [-0.15, -0.1) is 0 Å². The van der Waals surface area contributed by atoms with Crippen molar-refractivity contribution in [2.45, 2.75) is 97.5 Å².